The van der Waals surface area contributed by atoms with E-state index in [1.807, 2.05) is 35.7 Å². The second-order valence-corrected chi connectivity index (χ2v) is 7.82. The summed E-state index contributed by atoms with van der Waals surface area (Å²) >= 11 is 1.43. The van der Waals surface area contributed by atoms with E-state index in [2.05, 4.69) is 5.32 Å². The van der Waals surface area contributed by atoms with Gasteiger partial charge in [-0.1, -0.05) is 18.2 Å². The minimum absolute atomic E-state index is 0.0103. The van der Waals surface area contributed by atoms with Crippen molar-refractivity contribution in [1.82, 2.24) is 0 Å². The van der Waals surface area contributed by atoms with E-state index in [1.54, 1.807) is 23.1 Å². The maximum atomic E-state index is 13.0. The van der Waals surface area contributed by atoms with Crippen molar-refractivity contribution >= 4 is 34.5 Å². The number of carbonyl (C=O) groups is 2. The number of rotatable bonds is 5. The number of para-hydroxylation sites is 1. The Balaban J connectivity index is 1.62. The van der Waals surface area contributed by atoms with E-state index < -0.39 is 0 Å². The number of anilines is 2. The van der Waals surface area contributed by atoms with E-state index in [4.69, 9.17) is 9.47 Å². The van der Waals surface area contributed by atoms with Crippen LogP contribution in [0.3, 0.4) is 0 Å². The summed E-state index contributed by atoms with van der Waals surface area (Å²) in [6.45, 7) is 0.658. The van der Waals surface area contributed by atoms with Gasteiger partial charge in [0.15, 0.2) is 11.5 Å². The van der Waals surface area contributed by atoms with Crippen LogP contribution in [-0.4, -0.2) is 32.6 Å². The maximum absolute atomic E-state index is 13.0. The molecule has 0 saturated heterocycles. The molecule has 6 nitrogen and oxygen atoms in total. The molecule has 2 amide bonds. The molecule has 0 radical (unpaired) electrons. The molecule has 7 heteroatoms. The van der Waals surface area contributed by atoms with Crippen LogP contribution in [-0.2, 0) is 6.42 Å². The first kappa shape index (κ1) is 20.0. The van der Waals surface area contributed by atoms with E-state index in [0.29, 0.717) is 34.2 Å². The Hall–Kier alpha value is -3.32. The molecule has 1 N–H and O–H groups in total. The van der Waals surface area contributed by atoms with Gasteiger partial charge >= 0.3 is 0 Å². The Morgan fingerprint density at radius 3 is 2.67 bits per heavy atom. The molecule has 0 fully saturated rings. The highest BCUT2D eigenvalue weighted by atomic mass is 32.1. The summed E-state index contributed by atoms with van der Waals surface area (Å²) in [5.41, 5.74) is 2.94. The number of nitrogens with zero attached hydrogens (tertiary/aromatic N) is 1. The Bertz CT molecular complexity index is 1080. The first-order chi connectivity index (χ1) is 14.6. The van der Waals surface area contributed by atoms with Gasteiger partial charge in [-0.05, 0) is 54.1 Å². The fraction of sp³-hybridized carbons (Fsp3) is 0.217. The highest BCUT2D eigenvalue weighted by molar-refractivity contribution is 7.12. The Labute approximate surface area is 179 Å². The molecule has 1 aromatic heterocycles. The van der Waals surface area contributed by atoms with Gasteiger partial charge in [0, 0.05) is 17.9 Å². The van der Waals surface area contributed by atoms with E-state index in [9.17, 15) is 9.59 Å². The van der Waals surface area contributed by atoms with E-state index in [1.165, 1.54) is 25.6 Å². The number of fused-ring (bicyclic) bond motifs is 1. The SMILES string of the molecule is COc1cccc(C(=O)Nc2ccc3c(c2)N(C(=O)c2cccs2)CCC3)c1OC. The fourth-order valence-corrected chi connectivity index (χ4v) is 4.33. The summed E-state index contributed by atoms with van der Waals surface area (Å²) < 4.78 is 10.6. The van der Waals surface area contributed by atoms with Gasteiger partial charge in [0.05, 0.1) is 24.7 Å². The lowest BCUT2D eigenvalue weighted by Crippen LogP contribution is -2.35. The predicted molar refractivity (Wildman–Crippen MR) is 118 cm³/mol. The molecular formula is C23H22N2O4S. The average molecular weight is 423 g/mol. The molecule has 0 unspecified atom stereocenters. The Morgan fingerprint density at radius 2 is 1.93 bits per heavy atom. The molecule has 2 aromatic carbocycles. The molecule has 0 bridgehead atoms. The molecule has 0 saturated carbocycles. The maximum Gasteiger partial charge on any atom is 0.268 e. The zero-order valence-electron chi connectivity index (χ0n) is 16.8. The van der Waals surface area contributed by atoms with Crippen LogP contribution >= 0.6 is 11.3 Å². The smallest absolute Gasteiger partial charge is 0.268 e. The first-order valence-electron chi connectivity index (χ1n) is 9.63. The normalized spacial score (nSPS) is 12.8. The average Bonchev–Trinajstić information content (AvgIpc) is 3.32. The van der Waals surface area contributed by atoms with Crippen molar-refractivity contribution in [3.8, 4) is 11.5 Å². The quantitative estimate of drug-likeness (QED) is 0.652. The predicted octanol–water partition coefficient (Wildman–Crippen LogP) is 4.61. The number of aryl methyl sites for hydroxylation is 1. The van der Waals surface area contributed by atoms with Crippen molar-refractivity contribution in [3.05, 3.63) is 69.9 Å². The van der Waals surface area contributed by atoms with Gasteiger partial charge in [-0.2, -0.15) is 0 Å². The molecular weight excluding hydrogens is 400 g/mol. The summed E-state index contributed by atoms with van der Waals surface area (Å²) in [5.74, 6) is 0.551. The van der Waals surface area contributed by atoms with Crippen LogP contribution in [0.5, 0.6) is 11.5 Å². The largest absolute Gasteiger partial charge is 0.493 e. The highest BCUT2D eigenvalue weighted by Gasteiger charge is 2.25. The minimum atomic E-state index is -0.308. The molecule has 30 heavy (non-hydrogen) atoms. The summed E-state index contributed by atoms with van der Waals surface area (Å²) in [6.07, 6.45) is 1.82. The number of ether oxygens (including phenoxy) is 2. The number of methoxy groups -OCH3 is 2. The molecule has 0 atom stereocenters. The van der Waals surface area contributed by atoms with Crippen LogP contribution in [0.2, 0.25) is 0 Å². The number of thiophene rings is 1. The Morgan fingerprint density at radius 1 is 1.07 bits per heavy atom. The van der Waals surface area contributed by atoms with Crippen molar-refractivity contribution < 1.29 is 19.1 Å². The third-order valence-electron chi connectivity index (χ3n) is 5.09. The number of carbonyl (C=O) groups excluding carboxylic acids is 2. The van der Waals surface area contributed by atoms with Crippen LogP contribution < -0.4 is 19.7 Å². The van der Waals surface area contributed by atoms with E-state index in [-0.39, 0.29) is 11.8 Å². The molecule has 154 valence electrons. The summed E-state index contributed by atoms with van der Waals surface area (Å²) in [6, 6.07) is 14.6. The van der Waals surface area contributed by atoms with Crippen molar-refractivity contribution in [2.24, 2.45) is 0 Å². The lowest BCUT2D eigenvalue weighted by Gasteiger charge is -2.29. The second-order valence-electron chi connectivity index (χ2n) is 6.88. The molecule has 2 heterocycles. The minimum Gasteiger partial charge on any atom is -0.493 e. The summed E-state index contributed by atoms with van der Waals surface area (Å²) in [4.78, 5) is 28.4. The van der Waals surface area contributed by atoms with Crippen molar-refractivity contribution in [2.45, 2.75) is 12.8 Å². The second kappa shape index (κ2) is 8.59. The highest BCUT2D eigenvalue weighted by Crippen LogP contribution is 2.34. The van der Waals surface area contributed by atoms with Gasteiger partial charge in [0.25, 0.3) is 11.8 Å². The lowest BCUT2D eigenvalue weighted by molar-refractivity contribution is 0.0987. The van der Waals surface area contributed by atoms with Crippen LogP contribution in [0.1, 0.15) is 32.0 Å². The van der Waals surface area contributed by atoms with Gasteiger partial charge in [0.1, 0.15) is 0 Å². The van der Waals surface area contributed by atoms with Gasteiger partial charge in [-0.15, -0.1) is 11.3 Å². The molecule has 0 aliphatic carbocycles. The van der Waals surface area contributed by atoms with Crippen molar-refractivity contribution in [1.29, 1.82) is 0 Å². The standard InChI is InChI=1S/C23H22N2O4S/c1-28-19-8-3-7-17(21(19)29-2)22(26)24-16-11-10-15-6-4-12-25(18(15)14-16)23(27)20-9-5-13-30-20/h3,5,7-11,13-14H,4,6,12H2,1-2H3,(H,24,26). The number of hydrogen-bond donors (Lipinski definition) is 1. The number of benzene rings is 2. The zero-order valence-corrected chi connectivity index (χ0v) is 17.6. The van der Waals surface area contributed by atoms with Crippen molar-refractivity contribution in [3.63, 3.8) is 0 Å². The first-order valence-corrected chi connectivity index (χ1v) is 10.5. The topological polar surface area (TPSA) is 67.9 Å². The van der Waals surface area contributed by atoms with E-state index in [0.717, 1.165) is 24.1 Å². The molecule has 0 spiro atoms. The fourth-order valence-electron chi connectivity index (χ4n) is 3.66. The molecule has 1 aliphatic rings. The van der Waals surface area contributed by atoms with Crippen molar-refractivity contribution in [2.75, 3.05) is 31.0 Å². The van der Waals surface area contributed by atoms with Gasteiger partial charge in [-0.3, -0.25) is 9.59 Å². The number of amides is 2. The van der Waals surface area contributed by atoms with Gasteiger partial charge < -0.3 is 19.7 Å². The third-order valence-corrected chi connectivity index (χ3v) is 5.94. The van der Waals surface area contributed by atoms with Crippen LogP contribution in [0.4, 0.5) is 11.4 Å². The van der Waals surface area contributed by atoms with E-state index >= 15 is 0 Å². The van der Waals surface area contributed by atoms with Gasteiger partial charge in [-0.25, -0.2) is 0 Å². The Kier molecular flexibility index (Phi) is 5.72. The number of nitrogens with one attached hydrogen (secondary N) is 1. The molecule has 3 aromatic rings. The van der Waals surface area contributed by atoms with Gasteiger partial charge in [0.2, 0.25) is 0 Å². The summed E-state index contributed by atoms with van der Waals surface area (Å²) in [7, 11) is 3.03. The molecule has 1 aliphatic heterocycles. The lowest BCUT2D eigenvalue weighted by atomic mass is 10.0. The monoisotopic (exact) mass is 422 g/mol. The van der Waals surface area contributed by atoms with Crippen LogP contribution in [0.25, 0.3) is 0 Å². The summed E-state index contributed by atoms with van der Waals surface area (Å²) in [5, 5.41) is 4.82. The number of hydrogen-bond acceptors (Lipinski definition) is 5. The third kappa shape index (κ3) is 3.76. The molecule has 4 rings (SSSR count). The van der Waals surface area contributed by atoms with Crippen LogP contribution in [0, 0.1) is 0 Å². The zero-order chi connectivity index (χ0) is 21.1. The van der Waals surface area contributed by atoms with Crippen LogP contribution in [0.15, 0.2) is 53.9 Å².